The molecule has 0 radical (unpaired) electrons. The number of carbonyl (C=O) groups is 2. The molecule has 1 aromatic heterocycles. The molecule has 1 aliphatic rings. The molecule has 2 aromatic rings. The second-order valence-electron chi connectivity index (χ2n) is 8.08. The maximum absolute atomic E-state index is 13.0. The van der Waals surface area contributed by atoms with E-state index in [1.807, 2.05) is 60.8 Å². The molecular formula is C23H32N4O3. The average Bonchev–Trinajstić information content (AvgIpc) is 3.08. The van der Waals surface area contributed by atoms with E-state index in [9.17, 15) is 9.59 Å². The Morgan fingerprint density at radius 1 is 1.23 bits per heavy atom. The van der Waals surface area contributed by atoms with Crippen molar-refractivity contribution in [3.8, 4) is 5.75 Å². The first-order valence-electron chi connectivity index (χ1n) is 10.5. The molecule has 2 heterocycles. The van der Waals surface area contributed by atoms with Gasteiger partial charge in [-0.2, -0.15) is 5.10 Å². The minimum atomic E-state index is -0.135. The number of nitrogens with zero attached hydrogens (tertiary/aromatic N) is 4. The van der Waals surface area contributed by atoms with Crippen LogP contribution < -0.4 is 4.74 Å². The van der Waals surface area contributed by atoms with Crippen molar-refractivity contribution in [2.24, 2.45) is 5.92 Å². The minimum absolute atomic E-state index is 0.110. The molecule has 0 aliphatic carbocycles. The summed E-state index contributed by atoms with van der Waals surface area (Å²) in [4.78, 5) is 28.9. The smallest absolute Gasteiger partial charge is 0.227 e. The number of piperidine rings is 1. The van der Waals surface area contributed by atoms with Crippen LogP contribution in [0.4, 0.5) is 0 Å². The topological polar surface area (TPSA) is 67.7 Å². The number of hydrogen-bond donors (Lipinski definition) is 0. The lowest BCUT2D eigenvalue weighted by Crippen LogP contribution is -2.47. The summed E-state index contributed by atoms with van der Waals surface area (Å²) in [6.45, 7) is 6.40. The molecule has 0 unspecified atom stereocenters. The van der Waals surface area contributed by atoms with Gasteiger partial charge in [0.05, 0.1) is 25.3 Å². The van der Waals surface area contributed by atoms with E-state index in [2.05, 4.69) is 5.10 Å². The molecule has 0 N–H and O–H groups in total. The van der Waals surface area contributed by atoms with E-state index in [1.165, 1.54) is 0 Å². The summed E-state index contributed by atoms with van der Waals surface area (Å²) in [5.74, 6) is 0.933. The molecular weight excluding hydrogens is 380 g/mol. The van der Waals surface area contributed by atoms with Crippen molar-refractivity contribution in [1.29, 1.82) is 0 Å². The first-order valence-corrected chi connectivity index (χ1v) is 10.5. The van der Waals surface area contributed by atoms with Crippen LogP contribution in [0.1, 0.15) is 29.8 Å². The number of hydrogen-bond acceptors (Lipinski definition) is 4. The molecule has 1 fully saturated rings. The molecule has 1 aromatic carbocycles. The normalized spacial score (nSPS) is 16.6. The Balaban J connectivity index is 1.52. The lowest BCUT2D eigenvalue weighted by Gasteiger charge is -2.34. The first kappa shape index (κ1) is 21.9. The SMILES string of the molecule is COc1ccc(CCN2C[C@H](C(=O)N(C)CCn3nc(C)cc3C)CCC2=O)cc1. The summed E-state index contributed by atoms with van der Waals surface area (Å²) in [5, 5.41) is 4.46. The summed E-state index contributed by atoms with van der Waals surface area (Å²) in [6, 6.07) is 9.93. The highest BCUT2D eigenvalue weighted by Crippen LogP contribution is 2.20. The Kier molecular flexibility index (Phi) is 7.13. The number of benzene rings is 1. The van der Waals surface area contributed by atoms with Crippen LogP contribution in [0.25, 0.3) is 0 Å². The van der Waals surface area contributed by atoms with Gasteiger partial charge in [0.15, 0.2) is 0 Å². The van der Waals surface area contributed by atoms with Crippen molar-refractivity contribution in [3.05, 3.63) is 47.3 Å². The lowest BCUT2D eigenvalue weighted by molar-refractivity contribution is -0.142. The summed E-state index contributed by atoms with van der Waals surface area (Å²) >= 11 is 0. The Morgan fingerprint density at radius 2 is 1.97 bits per heavy atom. The number of amides is 2. The summed E-state index contributed by atoms with van der Waals surface area (Å²) in [6.07, 6.45) is 1.83. The Bertz CT molecular complexity index is 875. The zero-order valence-corrected chi connectivity index (χ0v) is 18.4. The van der Waals surface area contributed by atoms with Gasteiger partial charge in [-0.15, -0.1) is 0 Å². The van der Waals surface area contributed by atoms with Crippen LogP contribution in [0.5, 0.6) is 5.75 Å². The zero-order valence-electron chi connectivity index (χ0n) is 18.4. The molecule has 2 amide bonds. The average molecular weight is 413 g/mol. The van der Waals surface area contributed by atoms with E-state index in [4.69, 9.17) is 4.74 Å². The number of ether oxygens (including phenoxy) is 1. The van der Waals surface area contributed by atoms with Crippen LogP contribution in [0, 0.1) is 19.8 Å². The summed E-state index contributed by atoms with van der Waals surface area (Å²) in [5.41, 5.74) is 3.24. The van der Waals surface area contributed by atoms with Gasteiger partial charge in [-0.3, -0.25) is 14.3 Å². The van der Waals surface area contributed by atoms with Crippen LogP contribution in [-0.4, -0.2) is 65.2 Å². The standard InChI is InChI=1S/C23H32N4O3/c1-17-15-18(2)27(24-17)14-13-25(3)23(29)20-7-10-22(28)26(16-20)12-11-19-5-8-21(30-4)9-6-19/h5-6,8-9,15,20H,7,10-14,16H2,1-4H3/t20-/m1/s1. The maximum Gasteiger partial charge on any atom is 0.227 e. The molecule has 1 atom stereocenters. The fourth-order valence-corrected chi connectivity index (χ4v) is 3.96. The Morgan fingerprint density at radius 3 is 2.60 bits per heavy atom. The predicted octanol–water partition coefficient (Wildman–Crippen LogP) is 2.45. The molecule has 1 aliphatic heterocycles. The van der Waals surface area contributed by atoms with Gasteiger partial charge in [-0.1, -0.05) is 12.1 Å². The predicted molar refractivity (Wildman–Crippen MR) is 115 cm³/mol. The van der Waals surface area contributed by atoms with Crippen molar-refractivity contribution in [1.82, 2.24) is 19.6 Å². The number of aryl methyl sites for hydroxylation is 2. The van der Waals surface area contributed by atoms with Crippen molar-refractivity contribution < 1.29 is 14.3 Å². The Hall–Kier alpha value is -2.83. The quantitative estimate of drug-likeness (QED) is 0.668. The van der Waals surface area contributed by atoms with E-state index in [-0.39, 0.29) is 17.7 Å². The fourth-order valence-electron chi connectivity index (χ4n) is 3.96. The van der Waals surface area contributed by atoms with Gasteiger partial charge in [0.25, 0.3) is 0 Å². The molecule has 3 rings (SSSR count). The number of likely N-dealkylation sites (tertiary alicyclic amines) is 1. The number of carbonyl (C=O) groups excluding carboxylic acids is 2. The van der Waals surface area contributed by atoms with E-state index < -0.39 is 0 Å². The Labute approximate surface area is 178 Å². The summed E-state index contributed by atoms with van der Waals surface area (Å²) < 4.78 is 7.12. The van der Waals surface area contributed by atoms with Crippen LogP contribution in [0.3, 0.4) is 0 Å². The summed E-state index contributed by atoms with van der Waals surface area (Å²) in [7, 11) is 3.49. The van der Waals surface area contributed by atoms with Crippen molar-refractivity contribution in [2.75, 3.05) is 33.8 Å². The molecule has 0 bridgehead atoms. The number of rotatable bonds is 8. The largest absolute Gasteiger partial charge is 0.497 e. The van der Waals surface area contributed by atoms with Crippen LogP contribution in [-0.2, 0) is 22.6 Å². The third-order valence-electron chi connectivity index (χ3n) is 5.81. The molecule has 30 heavy (non-hydrogen) atoms. The van der Waals surface area contributed by atoms with Crippen LogP contribution in [0.2, 0.25) is 0 Å². The number of methoxy groups -OCH3 is 1. The molecule has 7 nitrogen and oxygen atoms in total. The van der Waals surface area contributed by atoms with E-state index in [0.29, 0.717) is 39.0 Å². The van der Waals surface area contributed by atoms with Gasteiger partial charge < -0.3 is 14.5 Å². The third kappa shape index (κ3) is 5.40. The van der Waals surface area contributed by atoms with Gasteiger partial charge in [-0.05, 0) is 50.5 Å². The molecule has 7 heteroatoms. The zero-order chi connectivity index (χ0) is 21.7. The lowest BCUT2D eigenvalue weighted by atomic mass is 9.95. The second-order valence-corrected chi connectivity index (χ2v) is 8.08. The van der Waals surface area contributed by atoms with Crippen LogP contribution >= 0.6 is 0 Å². The van der Waals surface area contributed by atoms with Gasteiger partial charge in [-0.25, -0.2) is 0 Å². The van der Waals surface area contributed by atoms with Crippen LogP contribution in [0.15, 0.2) is 30.3 Å². The van der Waals surface area contributed by atoms with E-state index in [1.54, 1.807) is 12.0 Å². The molecule has 0 spiro atoms. The first-order chi connectivity index (χ1) is 14.4. The highest BCUT2D eigenvalue weighted by molar-refractivity contribution is 5.83. The number of aromatic nitrogens is 2. The van der Waals surface area contributed by atoms with Gasteiger partial charge in [0, 0.05) is 38.8 Å². The highest BCUT2D eigenvalue weighted by Gasteiger charge is 2.31. The van der Waals surface area contributed by atoms with E-state index in [0.717, 1.165) is 29.1 Å². The van der Waals surface area contributed by atoms with Crippen molar-refractivity contribution >= 4 is 11.8 Å². The van der Waals surface area contributed by atoms with Gasteiger partial charge >= 0.3 is 0 Å². The van der Waals surface area contributed by atoms with Crippen molar-refractivity contribution in [2.45, 2.75) is 39.7 Å². The third-order valence-corrected chi connectivity index (χ3v) is 5.81. The van der Waals surface area contributed by atoms with Gasteiger partial charge in [0.2, 0.25) is 11.8 Å². The van der Waals surface area contributed by atoms with Crippen molar-refractivity contribution in [3.63, 3.8) is 0 Å². The number of likely N-dealkylation sites (N-methyl/N-ethyl adjacent to an activating group) is 1. The molecule has 0 saturated carbocycles. The monoisotopic (exact) mass is 412 g/mol. The molecule has 162 valence electrons. The van der Waals surface area contributed by atoms with Gasteiger partial charge in [0.1, 0.15) is 5.75 Å². The van der Waals surface area contributed by atoms with E-state index >= 15 is 0 Å². The molecule has 1 saturated heterocycles. The second kappa shape index (κ2) is 9.78. The fraction of sp³-hybridized carbons (Fsp3) is 0.522. The highest BCUT2D eigenvalue weighted by atomic mass is 16.5. The maximum atomic E-state index is 13.0. The minimum Gasteiger partial charge on any atom is -0.497 e.